The monoisotopic (exact) mass is 267 g/mol. The maximum atomic E-state index is 4.36. The highest BCUT2D eigenvalue weighted by Crippen LogP contribution is 2.09. The molecule has 20 heavy (non-hydrogen) atoms. The molecule has 0 atom stereocenters. The highest BCUT2D eigenvalue weighted by molar-refractivity contribution is 5.99. The summed E-state index contributed by atoms with van der Waals surface area (Å²) in [6.07, 6.45) is 5.37. The average molecular weight is 267 g/mol. The van der Waals surface area contributed by atoms with Gasteiger partial charge in [0.15, 0.2) is 0 Å². The van der Waals surface area contributed by atoms with Crippen molar-refractivity contribution in [2.24, 2.45) is 5.10 Å². The average Bonchev–Trinajstić information content (AvgIpc) is 2.52. The minimum absolute atomic E-state index is 0.756. The van der Waals surface area contributed by atoms with Gasteiger partial charge in [0.1, 0.15) is 5.82 Å². The smallest absolute Gasteiger partial charge is 0.146 e. The van der Waals surface area contributed by atoms with Gasteiger partial charge in [-0.1, -0.05) is 43.7 Å². The first-order valence-electron chi connectivity index (χ1n) is 7.10. The van der Waals surface area contributed by atoms with Crippen LogP contribution in [0.3, 0.4) is 0 Å². The third-order valence-electron chi connectivity index (χ3n) is 3.19. The second-order valence-electron chi connectivity index (χ2n) is 4.82. The van der Waals surface area contributed by atoms with Crippen LogP contribution in [0.4, 0.5) is 5.82 Å². The van der Waals surface area contributed by atoms with Crippen LogP contribution in [0.15, 0.2) is 53.8 Å². The lowest BCUT2D eigenvalue weighted by Crippen LogP contribution is -2.00. The van der Waals surface area contributed by atoms with Gasteiger partial charge < -0.3 is 0 Å². The standard InChI is InChI=1S/C17H21N3/c1-3-4-7-15-9-11-16(12-10-15)14(2)19-20-17-8-5-6-13-18-17/h5-6,8-13H,3-4,7H2,1-2H3,(H,18,20)/b19-14-. The lowest BCUT2D eigenvalue weighted by Gasteiger charge is -2.05. The Hall–Kier alpha value is -2.16. The van der Waals surface area contributed by atoms with Crippen LogP contribution < -0.4 is 5.43 Å². The Morgan fingerprint density at radius 1 is 1.15 bits per heavy atom. The van der Waals surface area contributed by atoms with Gasteiger partial charge in [0.05, 0.1) is 5.71 Å². The summed E-state index contributed by atoms with van der Waals surface area (Å²) in [5, 5.41) is 4.36. The molecular formula is C17H21N3. The quantitative estimate of drug-likeness (QED) is 0.627. The number of hydrogen-bond acceptors (Lipinski definition) is 3. The van der Waals surface area contributed by atoms with Crippen LogP contribution in [-0.4, -0.2) is 10.7 Å². The highest BCUT2D eigenvalue weighted by atomic mass is 15.3. The number of nitrogens with zero attached hydrogens (tertiary/aromatic N) is 2. The van der Waals surface area contributed by atoms with Crippen LogP contribution in [0.1, 0.15) is 37.8 Å². The van der Waals surface area contributed by atoms with Gasteiger partial charge >= 0.3 is 0 Å². The van der Waals surface area contributed by atoms with E-state index in [9.17, 15) is 0 Å². The first kappa shape index (κ1) is 14.3. The van der Waals surface area contributed by atoms with Crippen molar-refractivity contribution in [3.05, 3.63) is 59.8 Å². The van der Waals surface area contributed by atoms with E-state index in [0.29, 0.717) is 0 Å². The molecule has 104 valence electrons. The summed E-state index contributed by atoms with van der Waals surface area (Å²) in [6, 6.07) is 14.3. The lowest BCUT2D eigenvalue weighted by molar-refractivity contribution is 0.795. The van der Waals surface area contributed by atoms with Crippen molar-refractivity contribution in [3.8, 4) is 0 Å². The summed E-state index contributed by atoms with van der Waals surface area (Å²) >= 11 is 0. The molecular weight excluding hydrogens is 246 g/mol. The van der Waals surface area contributed by atoms with E-state index in [-0.39, 0.29) is 0 Å². The molecule has 3 heteroatoms. The number of nitrogens with one attached hydrogen (secondary N) is 1. The largest absolute Gasteiger partial charge is 0.261 e. The molecule has 0 amide bonds. The first-order chi connectivity index (χ1) is 9.79. The second kappa shape index (κ2) is 7.43. The molecule has 0 spiro atoms. The Bertz CT molecular complexity index is 544. The van der Waals surface area contributed by atoms with Crippen molar-refractivity contribution in [1.29, 1.82) is 0 Å². The van der Waals surface area contributed by atoms with Crippen molar-refractivity contribution in [2.75, 3.05) is 5.43 Å². The van der Waals surface area contributed by atoms with Crippen LogP contribution in [0.5, 0.6) is 0 Å². The van der Waals surface area contributed by atoms with Gasteiger partial charge in [-0.2, -0.15) is 5.10 Å². The van der Waals surface area contributed by atoms with Crippen LogP contribution in [0, 0.1) is 0 Å². The number of aromatic nitrogens is 1. The summed E-state index contributed by atoms with van der Waals surface area (Å²) in [6.45, 7) is 4.21. The third kappa shape index (κ3) is 4.19. The molecule has 1 N–H and O–H groups in total. The minimum atomic E-state index is 0.756. The molecule has 1 aromatic carbocycles. The van der Waals surface area contributed by atoms with E-state index in [2.05, 4.69) is 46.7 Å². The van der Waals surface area contributed by atoms with Gasteiger partial charge in [-0.25, -0.2) is 4.98 Å². The van der Waals surface area contributed by atoms with Crippen molar-refractivity contribution in [3.63, 3.8) is 0 Å². The van der Waals surface area contributed by atoms with Gasteiger partial charge in [0.25, 0.3) is 0 Å². The van der Waals surface area contributed by atoms with Crippen molar-refractivity contribution in [1.82, 2.24) is 4.98 Å². The molecule has 2 aromatic rings. The van der Waals surface area contributed by atoms with Gasteiger partial charge in [-0.05, 0) is 43.0 Å². The molecule has 1 heterocycles. The highest BCUT2D eigenvalue weighted by Gasteiger charge is 1.99. The van der Waals surface area contributed by atoms with E-state index < -0.39 is 0 Å². The van der Waals surface area contributed by atoms with Gasteiger partial charge in [-0.3, -0.25) is 5.43 Å². The topological polar surface area (TPSA) is 37.3 Å². The molecule has 0 aliphatic carbocycles. The van der Waals surface area contributed by atoms with E-state index in [1.807, 2.05) is 25.1 Å². The van der Waals surface area contributed by atoms with Gasteiger partial charge in [-0.15, -0.1) is 0 Å². The van der Waals surface area contributed by atoms with Crippen LogP contribution in [-0.2, 0) is 6.42 Å². The maximum Gasteiger partial charge on any atom is 0.146 e. The molecule has 0 aliphatic heterocycles. The summed E-state index contributed by atoms with van der Waals surface area (Å²) in [7, 11) is 0. The summed E-state index contributed by atoms with van der Waals surface area (Å²) in [5.41, 5.74) is 6.45. The molecule has 0 bridgehead atoms. The number of pyridine rings is 1. The Balaban J connectivity index is 1.99. The number of hydrogen-bond donors (Lipinski definition) is 1. The second-order valence-corrected chi connectivity index (χ2v) is 4.82. The van der Waals surface area contributed by atoms with E-state index in [1.54, 1.807) is 6.20 Å². The number of aryl methyl sites for hydroxylation is 1. The molecule has 0 radical (unpaired) electrons. The molecule has 1 aromatic heterocycles. The van der Waals surface area contributed by atoms with Crippen LogP contribution in [0.25, 0.3) is 0 Å². The van der Waals surface area contributed by atoms with E-state index in [4.69, 9.17) is 0 Å². The normalized spacial score (nSPS) is 11.4. The number of benzene rings is 1. The van der Waals surface area contributed by atoms with Crippen LogP contribution in [0.2, 0.25) is 0 Å². The van der Waals surface area contributed by atoms with E-state index >= 15 is 0 Å². The van der Waals surface area contributed by atoms with Gasteiger partial charge in [0.2, 0.25) is 0 Å². The van der Waals surface area contributed by atoms with Crippen molar-refractivity contribution in [2.45, 2.75) is 33.1 Å². The molecule has 0 fully saturated rings. The predicted molar refractivity (Wildman–Crippen MR) is 85.1 cm³/mol. The summed E-state index contributed by atoms with van der Waals surface area (Å²) in [5.74, 6) is 0.756. The minimum Gasteiger partial charge on any atom is -0.261 e. The molecule has 3 nitrogen and oxygen atoms in total. The Morgan fingerprint density at radius 2 is 1.95 bits per heavy atom. The molecule has 0 unspecified atom stereocenters. The SMILES string of the molecule is CCCCc1ccc(/C(C)=N\Nc2ccccn2)cc1. The fraction of sp³-hybridized carbons (Fsp3) is 0.294. The predicted octanol–water partition coefficient (Wildman–Crippen LogP) is 4.26. The first-order valence-corrected chi connectivity index (χ1v) is 7.10. The number of hydrazone groups is 1. The fourth-order valence-corrected chi connectivity index (χ4v) is 1.93. The fourth-order valence-electron chi connectivity index (χ4n) is 1.93. The van der Waals surface area contributed by atoms with Crippen LogP contribution >= 0.6 is 0 Å². The zero-order chi connectivity index (χ0) is 14.2. The van der Waals surface area contributed by atoms with E-state index in [0.717, 1.165) is 23.5 Å². The maximum absolute atomic E-state index is 4.36. The van der Waals surface area contributed by atoms with Crippen molar-refractivity contribution < 1.29 is 0 Å². The van der Waals surface area contributed by atoms with E-state index in [1.165, 1.54) is 18.4 Å². The molecule has 0 saturated heterocycles. The van der Waals surface area contributed by atoms with Crippen molar-refractivity contribution >= 4 is 11.5 Å². The lowest BCUT2D eigenvalue weighted by atomic mass is 10.0. The Labute approximate surface area is 120 Å². The Morgan fingerprint density at radius 3 is 2.60 bits per heavy atom. The zero-order valence-electron chi connectivity index (χ0n) is 12.1. The molecule has 0 aliphatic rings. The number of unbranched alkanes of at least 4 members (excludes halogenated alkanes) is 1. The van der Waals surface area contributed by atoms with Gasteiger partial charge in [0, 0.05) is 6.20 Å². The zero-order valence-corrected chi connectivity index (χ0v) is 12.1. The third-order valence-corrected chi connectivity index (χ3v) is 3.19. The number of rotatable bonds is 6. The summed E-state index contributed by atoms with van der Waals surface area (Å²) < 4.78 is 0. The Kier molecular flexibility index (Phi) is 5.30. The number of anilines is 1. The summed E-state index contributed by atoms with van der Waals surface area (Å²) in [4.78, 5) is 4.17. The molecule has 0 saturated carbocycles. The molecule has 2 rings (SSSR count).